The van der Waals surface area contributed by atoms with Crippen LogP contribution in [0.4, 0.5) is 0 Å². The Balaban J connectivity index is 2.73. The lowest BCUT2D eigenvalue weighted by Crippen LogP contribution is -2.46. The number of carboxylic acid groups (broad SMARTS) is 1. The summed E-state index contributed by atoms with van der Waals surface area (Å²) in [6.45, 7) is 1.52. The number of hydrogen-bond acceptors (Lipinski definition) is 5. The Labute approximate surface area is 116 Å². The number of nitrogens with zero attached hydrogens (tertiary/aromatic N) is 1. The quantitative estimate of drug-likeness (QED) is 0.540. The Bertz CT molecular complexity index is 504. The van der Waals surface area contributed by atoms with Gasteiger partial charge in [0.25, 0.3) is 0 Å². The number of aliphatic carboxylic acids is 1. The number of carbonyl (C=O) groups excluding carboxylic acids is 1. The van der Waals surface area contributed by atoms with Gasteiger partial charge in [0.05, 0.1) is 6.04 Å². The fourth-order valence-corrected chi connectivity index (χ4v) is 1.78. The predicted octanol–water partition coefficient (Wildman–Crippen LogP) is -0.0993. The topological polar surface area (TPSA) is 124 Å². The van der Waals surface area contributed by atoms with Crippen LogP contribution in [-0.2, 0) is 16.0 Å². The maximum absolute atomic E-state index is 12.0. The van der Waals surface area contributed by atoms with E-state index in [0.29, 0.717) is 5.56 Å². The molecule has 1 atom stereocenters. The van der Waals surface area contributed by atoms with Crippen molar-refractivity contribution in [2.75, 3.05) is 13.1 Å². The van der Waals surface area contributed by atoms with Crippen molar-refractivity contribution in [1.82, 2.24) is 4.90 Å². The summed E-state index contributed by atoms with van der Waals surface area (Å²) in [5, 5.41) is 27.3. The van der Waals surface area contributed by atoms with Crippen LogP contribution in [-0.4, -0.2) is 51.2 Å². The second-order valence-corrected chi connectivity index (χ2v) is 4.38. The molecule has 5 N–H and O–H groups in total. The largest absolute Gasteiger partial charge is 0.504 e. The highest BCUT2D eigenvalue weighted by Crippen LogP contribution is 2.25. The van der Waals surface area contributed by atoms with Crippen molar-refractivity contribution in [3.05, 3.63) is 23.8 Å². The van der Waals surface area contributed by atoms with E-state index in [4.69, 9.17) is 10.8 Å². The zero-order valence-electron chi connectivity index (χ0n) is 11.1. The van der Waals surface area contributed by atoms with Crippen molar-refractivity contribution in [2.45, 2.75) is 19.4 Å². The zero-order chi connectivity index (χ0) is 15.3. The molecule has 0 aromatic heterocycles. The van der Waals surface area contributed by atoms with Crippen LogP contribution >= 0.6 is 0 Å². The van der Waals surface area contributed by atoms with Crippen molar-refractivity contribution < 1.29 is 24.9 Å². The Hall–Kier alpha value is -2.28. The minimum absolute atomic E-state index is 0.142. The summed E-state index contributed by atoms with van der Waals surface area (Å²) < 4.78 is 0. The summed E-state index contributed by atoms with van der Waals surface area (Å²) in [4.78, 5) is 23.8. The SMILES string of the molecule is CCN(CC(=O)O)C(=O)[C@@H](N)Cc1ccc(O)c(O)c1. The van der Waals surface area contributed by atoms with Crippen LogP contribution in [0.5, 0.6) is 11.5 Å². The van der Waals surface area contributed by atoms with Crippen molar-refractivity contribution in [2.24, 2.45) is 5.73 Å². The van der Waals surface area contributed by atoms with Crippen LogP contribution in [0.3, 0.4) is 0 Å². The summed E-state index contributed by atoms with van der Waals surface area (Å²) in [5.74, 6) is -2.12. The second-order valence-electron chi connectivity index (χ2n) is 4.38. The van der Waals surface area contributed by atoms with E-state index < -0.39 is 24.5 Å². The van der Waals surface area contributed by atoms with E-state index in [9.17, 15) is 19.8 Å². The van der Waals surface area contributed by atoms with Crippen LogP contribution < -0.4 is 5.73 Å². The molecule has 20 heavy (non-hydrogen) atoms. The molecule has 0 saturated carbocycles. The molecule has 1 amide bonds. The summed E-state index contributed by atoms with van der Waals surface area (Å²) >= 11 is 0. The number of nitrogens with two attached hydrogens (primary N) is 1. The lowest BCUT2D eigenvalue weighted by atomic mass is 10.0. The average Bonchev–Trinajstić information content (AvgIpc) is 2.39. The van der Waals surface area contributed by atoms with E-state index in [-0.39, 0.29) is 24.5 Å². The number of phenols is 2. The summed E-state index contributed by atoms with van der Waals surface area (Å²) in [6.07, 6.45) is 0.142. The van der Waals surface area contributed by atoms with Gasteiger partial charge in [-0.2, -0.15) is 0 Å². The molecule has 0 aliphatic carbocycles. The number of rotatable bonds is 6. The number of amides is 1. The first-order valence-corrected chi connectivity index (χ1v) is 6.12. The van der Waals surface area contributed by atoms with Gasteiger partial charge in [0, 0.05) is 6.54 Å². The first kappa shape index (κ1) is 15.8. The van der Waals surface area contributed by atoms with Gasteiger partial charge in [0.1, 0.15) is 6.54 Å². The average molecular weight is 282 g/mol. The third-order valence-corrected chi connectivity index (χ3v) is 2.83. The summed E-state index contributed by atoms with van der Waals surface area (Å²) in [5.41, 5.74) is 6.34. The molecular formula is C13H18N2O5. The smallest absolute Gasteiger partial charge is 0.323 e. The molecule has 110 valence electrons. The van der Waals surface area contributed by atoms with Gasteiger partial charge in [-0.05, 0) is 31.0 Å². The van der Waals surface area contributed by atoms with Crippen molar-refractivity contribution in [1.29, 1.82) is 0 Å². The highest BCUT2D eigenvalue weighted by Gasteiger charge is 2.22. The number of likely N-dealkylation sites (N-methyl/N-ethyl adjacent to an activating group) is 1. The highest BCUT2D eigenvalue weighted by molar-refractivity contribution is 5.85. The number of aromatic hydroxyl groups is 2. The Kier molecular flexibility index (Phi) is 5.33. The molecule has 1 aromatic carbocycles. The maximum atomic E-state index is 12.0. The molecule has 0 unspecified atom stereocenters. The number of phenolic OH excluding ortho intramolecular Hbond substituents is 2. The summed E-state index contributed by atoms with van der Waals surface area (Å²) in [6, 6.07) is 3.25. The normalized spacial score (nSPS) is 11.9. The first-order valence-electron chi connectivity index (χ1n) is 6.12. The van der Waals surface area contributed by atoms with E-state index >= 15 is 0 Å². The number of hydrogen-bond donors (Lipinski definition) is 4. The molecule has 0 aliphatic heterocycles. The van der Waals surface area contributed by atoms with Gasteiger partial charge < -0.3 is 26.0 Å². The second kappa shape index (κ2) is 6.76. The molecule has 7 nitrogen and oxygen atoms in total. The van der Waals surface area contributed by atoms with Crippen molar-refractivity contribution in [3.63, 3.8) is 0 Å². The van der Waals surface area contributed by atoms with Gasteiger partial charge >= 0.3 is 5.97 Å². The lowest BCUT2D eigenvalue weighted by molar-refractivity contribution is -0.144. The minimum Gasteiger partial charge on any atom is -0.504 e. The number of benzene rings is 1. The Morgan fingerprint density at radius 1 is 1.30 bits per heavy atom. The fourth-order valence-electron chi connectivity index (χ4n) is 1.78. The minimum atomic E-state index is -1.10. The van der Waals surface area contributed by atoms with E-state index in [1.165, 1.54) is 18.2 Å². The standard InChI is InChI=1S/C13H18N2O5/c1-2-15(7-12(18)19)13(20)9(14)5-8-3-4-10(16)11(17)6-8/h3-4,6,9,16-17H,2,5,7,14H2,1H3,(H,18,19)/t9-/m0/s1. The van der Waals surface area contributed by atoms with Gasteiger partial charge in [-0.25, -0.2) is 0 Å². The van der Waals surface area contributed by atoms with Crippen LogP contribution in [0.2, 0.25) is 0 Å². The van der Waals surface area contributed by atoms with Crippen LogP contribution in [0.25, 0.3) is 0 Å². The van der Waals surface area contributed by atoms with Crippen LogP contribution in [0.15, 0.2) is 18.2 Å². The fraction of sp³-hybridized carbons (Fsp3) is 0.385. The van der Waals surface area contributed by atoms with Gasteiger partial charge in [-0.15, -0.1) is 0 Å². The van der Waals surface area contributed by atoms with Gasteiger partial charge in [-0.3, -0.25) is 9.59 Å². The molecule has 0 radical (unpaired) electrons. The van der Waals surface area contributed by atoms with E-state index in [2.05, 4.69) is 0 Å². The van der Waals surface area contributed by atoms with Gasteiger partial charge in [-0.1, -0.05) is 6.07 Å². The molecule has 0 saturated heterocycles. The van der Waals surface area contributed by atoms with E-state index in [1.807, 2.05) is 0 Å². The molecule has 1 aromatic rings. The monoisotopic (exact) mass is 282 g/mol. The Morgan fingerprint density at radius 2 is 1.95 bits per heavy atom. The van der Waals surface area contributed by atoms with Gasteiger partial charge in [0.2, 0.25) is 5.91 Å². The molecule has 0 bridgehead atoms. The molecule has 0 heterocycles. The van der Waals surface area contributed by atoms with Crippen LogP contribution in [0.1, 0.15) is 12.5 Å². The van der Waals surface area contributed by atoms with Crippen molar-refractivity contribution in [3.8, 4) is 11.5 Å². The Morgan fingerprint density at radius 3 is 2.45 bits per heavy atom. The third-order valence-electron chi connectivity index (χ3n) is 2.83. The molecule has 0 fully saturated rings. The van der Waals surface area contributed by atoms with Crippen LogP contribution in [0, 0.1) is 0 Å². The first-order chi connectivity index (χ1) is 9.35. The third kappa shape index (κ3) is 4.13. The molecule has 1 rings (SSSR count). The molecule has 0 aliphatic rings. The van der Waals surface area contributed by atoms with Crippen molar-refractivity contribution >= 4 is 11.9 Å². The molecular weight excluding hydrogens is 264 g/mol. The molecule has 0 spiro atoms. The highest BCUT2D eigenvalue weighted by atomic mass is 16.4. The molecule has 7 heteroatoms. The zero-order valence-corrected chi connectivity index (χ0v) is 11.1. The lowest BCUT2D eigenvalue weighted by Gasteiger charge is -2.22. The van der Waals surface area contributed by atoms with E-state index in [0.717, 1.165) is 4.90 Å². The maximum Gasteiger partial charge on any atom is 0.323 e. The summed E-state index contributed by atoms with van der Waals surface area (Å²) in [7, 11) is 0. The number of carbonyl (C=O) groups is 2. The number of carboxylic acids is 1. The predicted molar refractivity (Wildman–Crippen MR) is 71.3 cm³/mol. The van der Waals surface area contributed by atoms with Gasteiger partial charge in [0.15, 0.2) is 11.5 Å². The van der Waals surface area contributed by atoms with E-state index in [1.54, 1.807) is 6.92 Å².